The Hall–Kier alpha value is -1.36. The van der Waals surface area contributed by atoms with Crippen molar-refractivity contribution in [1.29, 1.82) is 0 Å². The summed E-state index contributed by atoms with van der Waals surface area (Å²) in [4.78, 5) is 11.0. The highest BCUT2D eigenvalue weighted by Gasteiger charge is 2.15. The minimum atomic E-state index is -0.314. The second-order valence-corrected chi connectivity index (χ2v) is 3.90. The Bertz CT molecular complexity index is 382. The van der Waals surface area contributed by atoms with Gasteiger partial charge in [-0.2, -0.15) is 5.10 Å². The first-order valence-corrected chi connectivity index (χ1v) is 5.17. The van der Waals surface area contributed by atoms with Gasteiger partial charge in [-0.25, -0.2) is 5.10 Å². The van der Waals surface area contributed by atoms with Gasteiger partial charge in [-0.1, -0.05) is 0 Å². The standard InChI is InChI=1S/C10H15N3O2/c11-9-6-8(12-13-10(9)14)5-7-1-3-15-4-2-7/h6-7H,1-5H2,(H2,11,12)(H,13,14). The van der Waals surface area contributed by atoms with Crippen LogP contribution in [0, 0.1) is 5.92 Å². The number of H-pyrrole nitrogens is 1. The van der Waals surface area contributed by atoms with E-state index in [-0.39, 0.29) is 11.2 Å². The summed E-state index contributed by atoms with van der Waals surface area (Å²) in [6.07, 6.45) is 2.98. The molecule has 0 aliphatic carbocycles. The van der Waals surface area contributed by atoms with Crippen molar-refractivity contribution in [2.24, 2.45) is 5.92 Å². The van der Waals surface area contributed by atoms with E-state index < -0.39 is 0 Å². The highest BCUT2D eigenvalue weighted by Crippen LogP contribution is 2.18. The second kappa shape index (κ2) is 4.44. The largest absolute Gasteiger partial charge is 0.394 e. The van der Waals surface area contributed by atoms with E-state index in [9.17, 15) is 4.79 Å². The van der Waals surface area contributed by atoms with E-state index in [1.165, 1.54) is 0 Å². The van der Waals surface area contributed by atoms with E-state index in [1.807, 2.05) is 0 Å². The molecule has 5 heteroatoms. The molecule has 3 N–H and O–H groups in total. The van der Waals surface area contributed by atoms with Crippen LogP contribution in [0.4, 0.5) is 5.69 Å². The Morgan fingerprint density at radius 1 is 1.53 bits per heavy atom. The van der Waals surface area contributed by atoms with Crippen molar-refractivity contribution in [3.05, 3.63) is 22.1 Å². The van der Waals surface area contributed by atoms with Crippen LogP contribution in [0.25, 0.3) is 0 Å². The van der Waals surface area contributed by atoms with Gasteiger partial charge in [0.1, 0.15) is 5.69 Å². The lowest BCUT2D eigenvalue weighted by atomic mass is 9.95. The van der Waals surface area contributed by atoms with Gasteiger partial charge in [-0.3, -0.25) is 4.79 Å². The zero-order valence-corrected chi connectivity index (χ0v) is 8.53. The SMILES string of the molecule is Nc1cc(CC2CCOCC2)n[nH]c1=O. The van der Waals surface area contributed by atoms with Crippen LogP contribution in [0.5, 0.6) is 0 Å². The third kappa shape index (κ3) is 2.56. The number of hydrogen-bond donors (Lipinski definition) is 2. The predicted octanol–water partition coefficient (Wildman–Crippen LogP) is 0.321. The Kier molecular flexibility index (Phi) is 3.01. The Labute approximate surface area is 87.6 Å². The summed E-state index contributed by atoms with van der Waals surface area (Å²) in [6, 6.07) is 1.66. The molecule has 1 aromatic rings. The van der Waals surface area contributed by atoms with Gasteiger partial charge in [0.25, 0.3) is 5.56 Å². The van der Waals surface area contributed by atoms with Crippen molar-refractivity contribution in [3.8, 4) is 0 Å². The monoisotopic (exact) mass is 209 g/mol. The number of ether oxygens (including phenoxy) is 1. The highest BCUT2D eigenvalue weighted by atomic mass is 16.5. The third-order valence-electron chi connectivity index (χ3n) is 2.72. The topological polar surface area (TPSA) is 81.0 Å². The summed E-state index contributed by atoms with van der Waals surface area (Å²) in [5, 5.41) is 6.37. The van der Waals surface area contributed by atoms with Crippen LogP contribution in [0.3, 0.4) is 0 Å². The third-order valence-corrected chi connectivity index (χ3v) is 2.72. The van der Waals surface area contributed by atoms with Gasteiger partial charge in [-0.05, 0) is 31.2 Å². The highest BCUT2D eigenvalue weighted by molar-refractivity contribution is 5.34. The number of anilines is 1. The Morgan fingerprint density at radius 2 is 2.27 bits per heavy atom. The fourth-order valence-electron chi connectivity index (χ4n) is 1.82. The number of aromatic amines is 1. The molecule has 0 saturated carbocycles. The van der Waals surface area contributed by atoms with Crippen molar-refractivity contribution in [1.82, 2.24) is 10.2 Å². The number of aromatic nitrogens is 2. The lowest BCUT2D eigenvalue weighted by Gasteiger charge is -2.21. The molecule has 1 aliphatic heterocycles. The number of nitrogens with two attached hydrogens (primary N) is 1. The normalized spacial score (nSPS) is 17.9. The molecule has 2 heterocycles. The van der Waals surface area contributed by atoms with Gasteiger partial charge >= 0.3 is 0 Å². The molecule has 5 nitrogen and oxygen atoms in total. The van der Waals surface area contributed by atoms with E-state index in [4.69, 9.17) is 10.5 Å². The van der Waals surface area contributed by atoms with Crippen LogP contribution in [0.2, 0.25) is 0 Å². The maximum absolute atomic E-state index is 11.0. The summed E-state index contributed by atoms with van der Waals surface area (Å²) in [5.74, 6) is 0.594. The lowest BCUT2D eigenvalue weighted by molar-refractivity contribution is 0.0662. The Morgan fingerprint density at radius 3 is 2.93 bits per heavy atom. The maximum atomic E-state index is 11.0. The minimum Gasteiger partial charge on any atom is -0.394 e. The fourth-order valence-corrected chi connectivity index (χ4v) is 1.82. The van der Waals surface area contributed by atoms with Gasteiger partial charge in [0.2, 0.25) is 0 Å². The molecule has 0 aromatic carbocycles. The van der Waals surface area contributed by atoms with E-state index in [0.717, 1.165) is 38.2 Å². The molecule has 0 radical (unpaired) electrons. The van der Waals surface area contributed by atoms with Crippen LogP contribution < -0.4 is 11.3 Å². The van der Waals surface area contributed by atoms with Gasteiger partial charge in [0, 0.05) is 13.2 Å². The van der Waals surface area contributed by atoms with Crippen LogP contribution in [0.15, 0.2) is 10.9 Å². The zero-order valence-electron chi connectivity index (χ0n) is 8.53. The van der Waals surface area contributed by atoms with Crippen molar-refractivity contribution in [3.63, 3.8) is 0 Å². The molecule has 2 rings (SSSR count). The van der Waals surface area contributed by atoms with Crippen LogP contribution >= 0.6 is 0 Å². The average molecular weight is 209 g/mol. The van der Waals surface area contributed by atoms with Crippen LogP contribution in [-0.4, -0.2) is 23.4 Å². The molecule has 15 heavy (non-hydrogen) atoms. The van der Waals surface area contributed by atoms with Gasteiger partial charge in [0.15, 0.2) is 0 Å². The first-order chi connectivity index (χ1) is 7.25. The van der Waals surface area contributed by atoms with E-state index >= 15 is 0 Å². The average Bonchev–Trinajstić information content (AvgIpc) is 2.25. The van der Waals surface area contributed by atoms with Crippen molar-refractivity contribution >= 4 is 5.69 Å². The molecule has 0 atom stereocenters. The van der Waals surface area contributed by atoms with Crippen molar-refractivity contribution in [2.45, 2.75) is 19.3 Å². The smallest absolute Gasteiger partial charge is 0.287 e. The predicted molar refractivity (Wildman–Crippen MR) is 56.5 cm³/mol. The van der Waals surface area contributed by atoms with E-state index in [0.29, 0.717) is 5.92 Å². The molecule has 0 spiro atoms. The molecule has 82 valence electrons. The molecule has 1 aliphatic rings. The zero-order chi connectivity index (χ0) is 10.7. The van der Waals surface area contributed by atoms with E-state index in [2.05, 4.69) is 10.2 Å². The number of hydrogen-bond acceptors (Lipinski definition) is 4. The van der Waals surface area contributed by atoms with Gasteiger partial charge < -0.3 is 10.5 Å². The van der Waals surface area contributed by atoms with Crippen molar-refractivity contribution < 1.29 is 4.74 Å². The molecule has 1 fully saturated rings. The fraction of sp³-hybridized carbons (Fsp3) is 0.600. The summed E-state index contributed by atoms with van der Waals surface area (Å²) in [6.45, 7) is 1.65. The number of nitrogens with one attached hydrogen (secondary N) is 1. The first-order valence-electron chi connectivity index (χ1n) is 5.17. The summed E-state index contributed by atoms with van der Waals surface area (Å²) >= 11 is 0. The van der Waals surface area contributed by atoms with Crippen LogP contribution in [-0.2, 0) is 11.2 Å². The summed E-state index contributed by atoms with van der Waals surface area (Å²) in [7, 11) is 0. The number of nitrogen functional groups attached to an aromatic ring is 1. The molecular formula is C10H15N3O2. The molecular weight excluding hydrogens is 194 g/mol. The molecule has 0 amide bonds. The molecule has 0 unspecified atom stereocenters. The molecule has 0 bridgehead atoms. The molecule has 1 aromatic heterocycles. The quantitative estimate of drug-likeness (QED) is 0.735. The maximum Gasteiger partial charge on any atom is 0.287 e. The molecule has 1 saturated heterocycles. The first kappa shape index (κ1) is 10.2. The van der Waals surface area contributed by atoms with Crippen molar-refractivity contribution in [2.75, 3.05) is 18.9 Å². The van der Waals surface area contributed by atoms with E-state index in [1.54, 1.807) is 6.07 Å². The van der Waals surface area contributed by atoms with Crippen LogP contribution in [0.1, 0.15) is 18.5 Å². The second-order valence-electron chi connectivity index (χ2n) is 3.90. The summed E-state index contributed by atoms with van der Waals surface area (Å²) in [5.41, 5.74) is 6.31. The summed E-state index contributed by atoms with van der Waals surface area (Å²) < 4.78 is 5.28. The van der Waals surface area contributed by atoms with Gasteiger partial charge in [0.05, 0.1) is 5.69 Å². The number of rotatable bonds is 2. The Balaban J connectivity index is 2.03. The minimum absolute atomic E-state index is 0.243. The number of nitrogens with zero attached hydrogens (tertiary/aromatic N) is 1. The lowest BCUT2D eigenvalue weighted by Crippen LogP contribution is -2.20. The van der Waals surface area contributed by atoms with Gasteiger partial charge in [-0.15, -0.1) is 0 Å².